The van der Waals surface area contributed by atoms with Gasteiger partial charge < -0.3 is 10.2 Å². The Morgan fingerprint density at radius 2 is 1.78 bits per heavy atom. The number of fused-ring (bicyclic) bond motifs is 1. The topological polar surface area (TPSA) is 63.1 Å². The molecule has 0 atom stereocenters. The number of hydrogen-bond donors (Lipinski definition) is 1. The Morgan fingerprint density at radius 1 is 1.05 bits per heavy atom. The van der Waals surface area contributed by atoms with Crippen LogP contribution < -0.4 is 5.32 Å². The highest BCUT2D eigenvalue weighted by Gasteiger charge is 2.21. The molecule has 4 aromatic rings. The molecule has 192 valence electrons. The van der Waals surface area contributed by atoms with E-state index in [2.05, 4.69) is 45.6 Å². The van der Waals surface area contributed by atoms with Crippen molar-refractivity contribution in [2.75, 3.05) is 26.2 Å². The first-order valence-electron chi connectivity index (χ1n) is 13.2. The van der Waals surface area contributed by atoms with Crippen LogP contribution in [0.5, 0.6) is 0 Å². The summed E-state index contributed by atoms with van der Waals surface area (Å²) in [6, 6.07) is 20.2. The number of pyridine rings is 1. The van der Waals surface area contributed by atoms with E-state index in [0.717, 1.165) is 54.4 Å². The lowest BCUT2D eigenvalue weighted by Gasteiger charge is -2.32. The van der Waals surface area contributed by atoms with Gasteiger partial charge in [0.05, 0.1) is 27.4 Å². The Morgan fingerprint density at radius 3 is 2.54 bits per heavy atom. The zero-order valence-corrected chi connectivity index (χ0v) is 22.3. The third kappa shape index (κ3) is 5.86. The minimum absolute atomic E-state index is 0.0844. The SMILES string of the molecule is Cc1cc(C(=O)NCCCN2CCC(Cc3ccccc3)CC2)c2c(C)nn(-c3ccccc3Cl)c2n1. The molecule has 2 aromatic carbocycles. The van der Waals surface area contributed by atoms with Gasteiger partial charge in [0.25, 0.3) is 5.91 Å². The van der Waals surface area contributed by atoms with Crippen LogP contribution >= 0.6 is 11.6 Å². The Labute approximate surface area is 223 Å². The molecular formula is C30H34ClN5O. The number of halogens is 1. The van der Waals surface area contributed by atoms with Gasteiger partial charge in [-0.05, 0) is 88.8 Å². The number of benzene rings is 2. The van der Waals surface area contributed by atoms with Gasteiger partial charge in [0.15, 0.2) is 5.65 Å². The first-order chi connectivity index (χ1) is 18.0. The van der Waals surface area contributed by atoms with Crippen LogP contribution in [0.1, 0.15) is 46.6 Å². The van der Waals surface area contributed by atoms with Crippen molar-refractivity contribution in [1.82, 2.24) is 25.0 Å². The lowest BCUT2D eigenvalue weighted by molar-refractivity contribution is 0.0952. The fraction of sp³-hybridized carbons (Fsp3) is 0.367. The molecule has 5 rings (SSSR count). The fourth-order valence-electron chi connectivity index (χ4n) is 5.35. The first kappa shape index (κ1) is 25.4. The minimum Gasteiger partial charge on any atom is -0.352 e. The molecule has 0 unspecified atom stereocenters. The zero-order chi connectivity index (χ0) is 25.8. The molecule has 0 saturated carbocycles. The molecule has 37 heavy (non-hydrogen) atoms. The second kappa shape index (κ2) is 11.4. The average molecular weight is 516 g/mol. The maximum atomic E-state index is 13.2. The summed E-state index contributed by atoms with van der Waals surface area (Å²) in [5.74, 6) is 0.685. The first-order valence-corrected chi connectivity index (χ1v) is 13.5. The van der Waals surface area contributed by atoms with Gasteiger partial charge in [-0.15, -0.1) is 0 Å². The molecule has 0 spiro atoms. The summed E-state index contributed by atoms with van der Waals surface area (Å²) in [5, 5.41) is 9.16. The smallest absolute Gasteiger partial charge is 0.252 e. The number of aromatic nitrogens is 3. The van der Waals surface area contributed by atoms with Crippen LogP contribution in [-0.4, -0.2) is 51.8 Å². The summed E-state index contributed by atoms with van der Waals surface area (Å²) >= 11 is 6.43. The number of rotatable bonds is 8. The molecule has 1 saturated heterocycles. The molecule has 7 heteroatoms. The largest absolute Gasteiger partial charge is 0.352 e. The maximum absolute atomic E-state index is 13.2. The van der Waals surface area contributed by atoms with Crippen LogP contribution in [0.15, 0.2) is 60.7 Å². The summed E-state index contributed by atoms with van der Waals surface area (Å²) in [5.41, 5.74) is 4.97. The summed E-state index contributed by atoms with van der Waals surface area (Å²) in [6.45, 7) is 7.73. The maximum Gasteiger partial charge on any atom is 0.252 e. The van der Waals surface area contributed by atoms with Gasteiger partial charge in [0.2, 0.25) is 0 Å². The molecule has 0 aliphatic carbocycles. The van der Waals surface area contributed by atoms with Crippen LogP contribution in [0.4, 0.5) is 0 Å². The Hall–Kier alpha value is -3.22. The number of likely N-dealkylation sites (tertiary alicyclic amines) is 1. The second-order valence-electron chi connectivity index (χ2n) is 10.0. The van der Waals surface area contributed by atoms with E-state index in [0.29, 0.717) is 22.8 Å². The lowest BCUT2D eigenvalue weighted by atomic mass is 9.90. The van der Waals surface area contributed by atoms with E-state index in [1.807, 2.05) is 44.2 Å². The highest BCUT2D eigenvalue weighted by molar-refractivity contribution is 6.32. The molecule has 3 heterocycles. The van der Waals surface area contributed by atoms with Crippen LogP contribution in [0.2, 0.25) is 5.02 Å². The molecule has 1 N–H and O–H groups in total. The van der Waals surface area contributed by atoms with E-state index in [9.17, 15) is 4.79 Å². The lowest BCUT2D eigenvalue weighted by Crippen LogP contribution is -2.36. The van der Waals surface area contributed by atoms with E-state index in [4.69, 9.17) is 16.6 Å². The number of piperidine rings is 1. The zero-order valence-electron chi connectivity index (χ0n) is 21.6. The number of para-hydroxylation sites is 1. The van der Waals surface area contributed by atoms with Gasteiger partial charge in [0.1, 0.15) is 0 Å². The standard InChI is InChI=1S/C30H34ClN5O/c1-21-19-25(28-22(2)34-36(29(28)33-21)27-12-7-6-11-26(27)31)30(37)32-15-8-16-35-17-13-24(14-18-35)20-23-9-4-3-5-10-23/h3-7,9-12,19,24H,8,13-18,20H2,1-2H3,(H,32,37). The van der Waals surface area contributed by atoms with Gasteiger partial charge in [-0.25, -0.2) is 9.67 Å². The van der Waals surface area contributed by atoms with Crippen molar-refractivity contribution >= 4 is 28.5 Å². The average Bonchev–Trinajstić information content (AvgIpc) is 3.23. The predicted molar refractivity (Wildman–Crippen MR) is 150 cm³/mol. The van der Waals surface area contributed by atoms with E-state index in [-0.39, 0.29) is 5.91 Å². The third-order valence-corrected chi connectivity index (χ3v) is 7.60. The molecule has 0 radical (unpaired) electrons. The number of nitrogens with zero attached hydrogens (tertiary/aromatic N) is 4. The summed E-state index contributed by atoms with van der Waals surface area (Å²) < 4.78 is 1.73. The van der Waals surface area contributed by atoms with Gasteiger partial charge in [0, 0.05) is 12.2 Å². The Bertz CT molecular complexity index is 1380. The molecule has 6 nitrogen and oxygen atoms in total. The monoisotopic (exact) mass is 515 g/mol. The van der Waals surface area contributed by atoms with Crippen molar-refractivity contribution in [3.63, 3.8) is 0 Å². The summed E-state index contributed by atoms with van der Waals surface area (Å²) in [4.78, 5) is 20.5. The summed E-state index contributed by atoms with van der Waals surface area (Å²) in [7, 11) is 0. The van der Waals surface area contributed by atoms with Gasteiger partial charge in [-0.1, -0.05) is 54.1 Å². The highest BCUT2D eigenvalue weighted by Crippen LogP contribution is 2.28. The molecule has 1 aliphatic rings. The quantitative estimate of drug-likeness (QED) is 0.303. The van der Waals surface area contributed by atoms with Crippen molar-refractivity contribution < 1.29 is 4.79 Å². The van der Waals surface area contributed by atoms with Crippen molar-refractivity contribution in [3.8, 4) is 5.69 Å². The molecule has 1 fully saturated rings. The van der Waals surface area contributed by atoms with Crippen LogP contribution in [0.25, 0.3) is 16.7 Å². The normalized spacial score (nSPS) is 14.8. The number of carbonyl (C=O) groups excluding carboxylic acids is 1. The summed E-state index contributed by atoms with van der Waals surface area (Å²) in [6.07, 6.45) is 4.59. The highest BCUT2D eigenvalue weighted by atomic mass is 35.5. The molecule has 1 aliphatic heterocycles. The molecule has 2 aromatic heterocycles. The van der Waals surface area contributed by atoms with Gasteiger partial charge >= 0.3 is 0 Å². The Kier molecular flexibility index (Phi) is 7.87. The van der Waals surface area contributed by atoms with Crippen LogP contribution in [0.3, 0.4) is 0 Å². The van der Waals surface area contributed by atoms with Crippen molar-refractivity contribution in [2.24, 2.45) is 5.92 Å². The Balaban J connectivity index is 1.17. The van der Waals surface area contributed by atoms with Gasteiger partial charge in [-0.2, -0.15) is 5.10 Å². The van der Waals surface area contributed by atoms with Crippen molar-refractivity contribution in [1.29, 1.82) is 0 Å². The fourth-order valence-corrected chi connectivity index (χ4v) is 5.56. The minimum atomic E-state index is -0.0844. The molecular weight excluding hydrogens is 482 g/mol. The van der Waals surface area contributed by atoms with Crippen molar-refractivity contribution in [2.45, 2.75) is 39.5 Å². The number of hydrogen-bond acceptors (Lipinski definition) is 4. The number of amides is 1. The van der Waals surface area contributed by atoms with Crippen molar-refractivity contribution in [3.05, 3.63) is 88.2 Å². The van der Waals surface area contributed by atoms with E-state index in [1.165, 1.54) is 24.8 Å². The van der Waals surface area contributed by atoms with E-state index >= 15 is 0 Å². The number of carbonyl (C=O) groups is 1. The number of nitrogens with one attached hydrogen (secondary N) is 1. The van der Waals surface area contributed by atoms with E-state index in [1.54, 1.807) is 4.68 Å². The third-order valence-electron chi connectivity index (χ3n) is 7.28. The second-order valence-corrected chi connectivity index (χ2v) is 10.4. The van der Waals surface area contributed by atoms with E-state index < -0.39 is 0 Å². The molecule has 1 amide bonds. The predicted octanol–water partition coefficient (Wildman–Crippen LogP) is 5.77. The number of aryl methyl sites for hydroxylation is 2. The van der Waals surface area contributed by atoms with Crippen LogP contribution in [0, 0.1) is 19.8 Å². The van der Waals surface area contributed by atoms with Crippen LogP contribution in [-0.2, 0) is 6.42 Å². The van der Waals surface area contributed by atoms with Gasteiger partial charge in [-0.3, -0.25) is 4.79 Å². The molecule has 0 bridgehead atoms.